The Morgan fingerprint density at radius 1 is 1.50 bits per heavy atom. The molecule has 0 fully saturated rings. The molecule has 5 nitrogen and oxygen atoms in total. The maximum Gasteiger partial charge on any atom is 0.244 e. The van der Waals surface area contributed by atoms with Crippen molar-refractivity contribution in [2.45, 2.75) is 26.8 Å². The summed E-state index contributed by atoms with van der Waals surface area (Å²) in [5, 5.41) is 9.99. The van der Waals surface area contributed by atoms with Gasteiger partial charge in [-0.3, -0.25) is 9.89 Å². The van der Waals surface area contributed by atoms with Crippen LogP contribution in [0.4, 0.5) is 0 Å². The van der Waals surface area contributed by atoms with Gasteiger partial charge < -0.3 is 10.2 Å². The zero-order chi connectivity index (χ0) is 13.7. The van der Waals surface area contributed by atoms with E-state index in [1.807, 2.05) is 45.8 Å². The normalized spacial score (nSPS) is 13.2. The predicted molar refractivity (Wildman–Crippen MR) is 72.3 cm³/mol. The zero-order valence-electron chi connectivity index (χ0n) is 11.7. The van der Waals surface area contributed by atoms with Gasteiger partial charge in [0.2, 0.25) is 5.91 Å². The van der Waals surface area contributed by atoms with Gasteiger partial charge in [0.25, 0.3) is 0 Å². The third-order valence-corrected chi connectivity index (χ3v) is 2.72. The van der Waals surface area contributed by atoms with E-state index in [2.05, 4.69) is 15.5 Å². The van der Waals surface area contributed by atoms with E-state index >= 15 is 0 Å². The molecule has 0 radical (unpaired) electrons. The molecule has 100 valence electrons. The van der Waals surface area contributed by atoms with Crippen LogP contribution in [-0.2, 0) is 4.79 Å². The molecular formula is C13H22N4O. The first kappa shape index (κ1) is 14.4. The second kappa shape index (κ2) is 6.35. The Hall–Kier alpha value is -1.62. The van der Waals surface area contributed by atoms with E-state index in [1.54, 1.807) is 6.08 Å². The molecule has 5 heteroatoms. The van der Waals surface area contributed by atoms with Crippen LogP contribution in [0.25, 0.3) is 0 Å². The number of nitrogens with zero attached hydrogens (tertiary/aromatic N) is 2. The minimum Gasteiger partial charge on any atom is -0.346 e. The molecule has 0 aliphatic carbocycles. The smallest absolute Gasteiger partial charge is 0.244 e. The van der Waals surface area contributed by atoms with Crippen molar-refractivity contribution in [3.8, 4) is 0 Å². The van der Waals surface area contributed by atoms with E-state index in [1.165, 1.54) is 0 Å². The number of aromatic nitrogens is 2. The summed E-state index contributed by atoms with van der Waals surface area (Å²) in [5.41, 5.74) is 2.99. The van der Waals surface area contributed by atoms with Crippen LogP contribution in [0.1, 0.15) is 29.9 Å². The predicted octanol–water partition coefficient (Wildman–Crippen LogP) is 1.32. The van der Waals surface area contributed by atoms with Crippen molar-refractivity contribution in [3.05, 3.63) is 29.1 Å². The number of aromatic amines is 1. The first-order valence-corrected chi connectivity index (χ1v) is 6.05. The van der Waals surface area contributed by atoms with Crippen molar-refractivity contribution in [1.82, 2.24) is 20.4 Å². The number of rotatable bonds is 5. The summed E-state index contributed by atoms with van der Waals surface area (Å²) in [7, 11) is 3.92. The van der Waals surface area contributed by atoms with Crippen LogP contribution < -0.4 is 5.32 Å². The van der Waals surface area contributed by atoms with E-state index in [-0.39, 0.29) is 11.9 Å². The molecule has 1 rings (SSSR count). The van der Waals surface area contributed by atoms with Gasteiger partial charge in [0.05, 0.1) is 11.7 Å². The molecule has 18 heavy (non-hydrogen) atoms. The van der Waals surface area contributed by atoms with Crippen molar-refractivity contribution in [2.75, 3.05) is 20.6 Å². The summed E-state index contributed by atoms with van der Waals surface area (Å²) in [6.07, 6.45) is 3.42. The van der Waals surface area contributed by atoms with Crippen LogP contribution in [0.5, 0.6) is 0 Å². The largest absolute Gasteiger partial charge is 0.346 e. The lowest BCUT2D eigenvalue weighted by Gasteiger charge is -2.13. The minimum atomic E-state index is -0.0793. The fourth-order valence-electron chi connectivity index (χ4n) is 1.90. The van der Waals surface area contributed by atoms with Crippen LogP contribution in [0.3, 0.4) is 0 Å². The third kappa shape index (κ3) is 4.00. The Morgan fingerprint density at radius 2 is 2.17 bits per heavy atom. The molecule has 0 aliphatic heterocycles. The van der Waals surface area contributed by atoms with E-state index in [9.17, 15) is 4.79 Å². The summed E-state index contributed by atoms with van der Waals surface area (Å²) in [6, 6.07) is -0.0414. The summed E-state index contributed by atoms with van der Waals surface area (Å²) in [6.45, 7) is 6.61. The highest BCUT2D eigenvalue weighted by molar-refractivity contribution is 5.87. The van der Waals surface area contributed by atoms with Gasteiger partial charge in [0, 0.05) is 23.9 Å². The van der Waals surface area contributed by atoms with Gasteiger partial charge in [-0.2, -0.15) is 5.10 Å². The second-order valence-corrected chi connectivity index (χ2v) is 4.74. The molecular weight excluding hydrogens is 228 g/mol. The average Bonchev–Trinajstić information content (AvgIpc) is 2.57. The number of hydrogen-bond donors (Lipinski definition) is 2. The molecule has 0 saturated heterocycles. The SMILES string of the molecule is Cc1n[nH]c(C)c1C(C)NC(=O)/C=C/CN(C)C. The number of likely N-dealkylation sites (N-methyl/N-ethyl adjacent to an activating group) is 1. The fourth-order valence-corrected chi connectivity index (χ4v) is 1.90. The number of hydrogen-bond acceptors (Lipinski definition) is 3. The molecule has 1 heterocycles. The molecule has 0 saturated carbocycles. The fraction of sp³-hybridized carbons (Fsp3) is 0.538. The first-order valence-electron chi connectivity index (χ1n) is 6.05. The van der Waals surface area contributed by atoms with Crippen LogP contribution in [0.15, 0.2) is 12.2 Å². The highest BCUT2D eigenvalue weighted by Crippen LogP contribution is 2.18. The second-order valence-electron chi connectivity index (χ2n) is 4.74. The Labute approximate surface area is 108 Å². The quantitative estimate of drug-likeness (QED) is 0.775. The molecule has 1 atom stereocenters. The number of carbonyl (C=O) groups is 1. The van der Waals surface area contributed by atoms with E-state index < -0.39 is 0 Å². The number of nitrogens with one attached hydrogen (secondary N) is 2. The van der Waals surface area contributed by atoms with Crippen molar-refractivity contribution in [1.29, 1.82) is 0 Å². The third-order valence-electron chi connectivity index (χ3n) is 2.72. The van der Waals surface area contributed by atoms with Crippen LogP contribution in [0, 0.1) is 13.8 Å². The summed E-state index contributed by atoms with van der Waals surface area (Å²) < 4.78 is 0. The Kier molecular flexibility index (Phi) is 5.09. The molecule has 2 N–H and O–H groups in total. The molecule has 1 aromatic heterocycles. The highest BCUT2D eigenvalue weighted by atomic mass is 16.1. The molecule has 1 amide bonds. The van der Waals surface area contributed by atoms with Crippen molar-refractivity contribution in [2.24, 2.45) is 0 Å². The molecule has 0 aliphatic rings. The van der Waals surface area contributed by atoms with Gasteiger partial charge in [-0.1, -0.05) is 6.08 Å². The molecule has 1 unspecified atom stereocenters. The number of carbonyl (C=O) groups excluding carboxylic acids is 1. The first-order chi connectivity index (χ1) is 8.41. The molecule has 0 aromatic carbocycles. The maximum absolute atomic E-state index is 11.7. The minimum absolute atomic E-state index is 0.0414. The van der Waals surface area contributed by atoms with Crippen molar-refractivity contribution in [3.63, 3.8) is 0 Å². The van der Waals surface area contributed by atoms with E-state index in [4.69, 9.17) is 0 Å². The van der Waals surface area contributed by atoms with Crippen molar-refractivity contribution >= 4 is 5.91 Å². The molecule has 1 aromatic rings. The van der Waals surface area contributed by atoms with Crippen LogP contribution in [-0.4, -0.2) is 41.6 Å². The van der Waals surface area contributed by atoms with Gasteiger partial charge in [-0.15, -0.1) is 0 Å². The highest BCUT2D eigenvalue weighted by Gasteiger charge is 2.15. The van der Waals surface area contributed by atoms with Gasteiger partial charge >= 0.3 is 0 Å². The Balaban J connectivity index is 2.57. The number of H-pyrrole nitrogens is 1. The van der Waals surface area contributed by atoms with Crippen LogP contribution >= 0.6 is 0 Å². The summed E-state index contributed by atoms with van der Waals surface area (Å²) in [5.74, 6) is -0.0793. The Morgan fingerprint density at radius 3 is 2.67 bits per heavy atom. The Bertz CT molecular complexity index is 415. The van der Waals surface area contributed by atoms with E-state index in [0.29, 0.717) is 0 Å². The average molecular weight is 250 g/mol. The lowest BCUT2D eigenvalue weighted by atomic mass is 10.1. The van der Waals surface area contributed by atoms with E-state index in [0.717, 1.165) is 23.5 Å². The zero-order valence-corrected chi connectivity index (χ0v) is 11.7. The standard InChI is InChI=1S/C13H22N4O/c1-9(13-10(2)15-16-11(13)3)14-12(18)7-6-8-17(4)5/h6-7,9H,8H2,1-5H3,(H,14,18)(H,15,16)/b7-6+. The summed E-state index contributed by atoms with van der Waals surface area (Å²) in [4.78, 5) is 13.7. The lowest BCUT2D eigenvalue weighted by Crippen LogP contribution is -2.25. The van der Waals surface area contributed by atoms with Gasteiger partial charge in [0.1, 0.15) is 0 Å². The van der Waals surface area contributed by atoms with Gasteiger partial charge in [-0.25, -0.2) is 0 Å². The molecule has 0 spiro atoms. The monoisotopic (exact) mass is 250 g/mol. The topological polar surface area (TPSA) is 61.0 Å². The van der Waals surface area contributed by atoms with Crippen LogP contribution in [0.2, 0.25) is 0 Å². The van der Waals surface area contributed by atoms with Crippen molar-refractivity contribution < 1.29 is 4.79 Å². The lowest BCUT2D eigenvalue weighted by molar-refractivity contribution is -0.117. The maximum atomic E-state index is 11.7. The summed E-state index contributed by atoms with van der Waals surface area (Å²) >= 11 is 0. The van der Waals surface area contributed by atoms with Gasteiger partial charge in [-0.05, 0) is 34.9 Å². The molecule has 0 bridgehead atoms. The van der Waals surface area contributed by atoms with Gasteiger partial charge in [0.15, 0.2) is 0 Å². The number of amides is 1. The number of aryl methyl sites for hydroxylation is 2.